The predicted molar refractivity (Wildman–Crippen MR) is 125 cm³/mol. The van der Waals surface area contributed by atoms with Crippen molar-refractivity contribution in [2.24, 2.45) is 0 Å². The van der Waals surface area contributed by atoms with Gasteiger partial charge < -0.3 is 19.7 Å². The van der Waals surface area contributed by atoms with Gasteiger partial charge in [0.15, 0.2) is 0 Å². The lowest BCUT2D eigenvalue weighted by Gasteiger charge is -2.19. The van der Waals surface area contributed by atoms with Gasteiger partial charge in [0, 0.05) is 32.6 Å². The number of amides is 3. The molecular weight excluding hydrogens is 438 g/mol. The molecule has 2 aromatic carbocycles. The number of esters is 1. The van der Waals surface area contributed by atoms with E-state index in [1.807, 2.05) is 30.3 Å². The summed E-state index contributed by atoms with van der Waals surface area (Å²) in [4.78, 5) is 52.3. The number of benzene rings is 2. The van der Waals surface area contributed by atoms with E-state index in [1.165, 1.54) is 12.0 Å². The summed E-state index contributed by atoms with van der Waals surface area (Å²) in [5.74, 6) is -1.23. The summed E-state index contributed by atoms with van der Waals surface area (Å²) < 4.78 is 10.2. The fourth-order valence-corrected chi connectivity index (χ4v) is 3.65. The molecule has 3 rings (SSSR count). The van der Waals surface area contributed by atoms with Crippen LogP contribution in [0.4, 0.5) is 10.5 Å². The van der Waals surface area contributed by atoms with Crippen LogP contribution in [-0.4, -0.2) is 62.6 Å². The largest absolute Gasteiger partial charge is 0.467 e. The molecule has 0 fully saturated rings. The predicted octanol–water partition coefficient (Wildman–Crippen LogP) is 2.53. The van der Waals surface area contributed by atoms with Gasteiger partial charge in [0.25, 0.3) is 5.91 Å². The maximum Gasteiger partial charge on any atom is 0.414 e. The van der Waals surface area contributed by atoms with E-state index in [9.17, 15) is 19.2 Å². The minimum Gasteiger partial charge on any atom is -0.467 e. The molecule has 0 spiro atoms. The molecule has 1 atom stereocenters. The maximum absolute atomic E-state index is 12.8. The number of carbonyl (C=O) groups is 4. The van der Waals surface area contributed by atoms with Crippen molar-refractivity contribution in [2.45, 2.75) is 31.9 Å². The molecule has 2 aromatic rings. The minimum absolute atomic E-state index is 0.0945. The van der Waals surface area contributed by atoms with Crippen LogP contribution < -0.4 is 10.2 Å². The normalized spacial score (nSPS) is 13.0. The lowest BCUT2D eigenvalue weighted by Crippen LogP contribution is -2.42. The molecule has 1 heterocycles. The third kappa shape index (κ3) is 6.12. The molecule has 0 unspecified atom stereocenters. The number of methoxy groups -OCH3 is 1. The van der Waals surface area contributed by atoms with Crippen LogP contribution in [0.1, 0.15) is 34.3 Å². The van der Waals surface area contributed by atoms with E-state index >= 15 is 0 Å². The van der Waals surface area contributed by atoms with Gasteiger partial charge in [0.05, 0.1) is 12.8 Å². The van der Waals surface area contributed by atoms with Gasteiger partial charge >= 0.3 is 12.1 Å². The van der Waals surface area contributed by atoms with Crippen LogP contribution in [0.3, 0.4) is 0 Å². The summed E-state index contributed by atoms with van der Waals surface area (Å²) in [6.45, 7) is 0.628. The van der Waals surface area contributed by atoms with Crippen molar-refractivity contribution >= 4 is 29.6 Å². The second-order valence-corrected chi connectivity index (χ2v) is 8.16. The second kappa shape index (κ2) is 11.3. The van der Waals surface area contributed by atoms with Crippen LogP contribution in [0.5, 0.6) is 0 Å². The Labute approximate surface area is 198 Å². The molecule has 0 aliphatic carbocycles. The Morgan fingerprint density at radius 3 is 2.50 bits per heavy atom. The number of ether oxygens (including phenoxy) is 2. The average molecular weight is 468 g/mol. The van der Waals surface area contributed by atoms with Gasteiger partial charge in [-0.3, -0.25) is 14.5 Å². The van der Waals surface area contributed by atoms with Crippen molar-refractivity contribution in [3.8, 4) is 0 Å². The Hall–Kier alpha value is -3.88. The molecule has 0 saturated heterocycles. The zero-order valence-corrected chi connectivity index (χ0v) is 19.6. The lowest BCUT2D eigenvalue weighted by molar-refractivity contribution is -0.143. The molecular formula is C25H29N3O6. The van der Waals surface area contributed by atoms with Crippen molar-refractivity contribution in [2.75, 3.05) is 32.6 Å². The SMILES string of the molecule is COC(=O)[C@H](CCC(=O)N(C)C)NC(=O)c1ccc2c(c1)CCN2C(=O)OCc1ccccc1. The highest BCUT2D eigenvalue weighted by molar-refractivity contribution is 5.98. The van der Waals surface area contributed by atoms with E-state index in [1.54, 1.807) is 37.2 Å². The second-order valence-electron chi connectivity index (χ2n) is 8.16. The maximum atomic E-state index is 12.8. The molecule has 0 radical (unpaired) electrons. The van der Waals surface area contributed by atoms with Gasteiger partial charge in [-0.2, -0.15) is 0 Å². The van der Waals surface area contributed by atoms with Crippen LogP contribution in [0.25, 0.3) is 0 Å². The Balaban J connectivity index is 1.64. The number of fused-ring (bicyclic) bond motifs is 1. The number of hydrogen-bond acceptors (Lipinski definition) is 6. The summed E-state index contributed by atoms with van der Waals surface area (Å²) in [5.41, 5.74) is 2.78. The molecule has 0 aromatic heterocycles. The Morgan fingerprint density at radius 1 is 1.09 bits per heavy atom. The van der Waals surface area contributed by atoms with Gasteiger partial charge in [-0.05, 0) is 42.2 Å². The molecule has 34 heavy (non-hydrogen) atoms. The van der Waals surface area contributed by atoms with Crippen molar-refractivity contribution in [1.29, 1.82) is 0 Å². The van der Waals surface area contributed by atoms with E-state index in [2.05, 4.69) is 5.32 Å². The number of rotatable bonds is 8. The quantitative estimate of drug-likeness (QED) is 0.598. The summed E-state index contributed by atoms with van der Waals surface area (Å²) in [6.07, 6.45) is 0.351. The Bertz CT molecular complexity index is 1050. The fraction of sp³-hybridized carbons (Fsp3) is 0.360. The first-order valence-electron chi connectivity index (χ1n) is 11.0. The van der Waals surface area contributed by atoms with Gasteiger partial charge in [0.2, 0.25) is 5.91 Å². The summed E-state index contributed by atoms with van der Waals surface area (Å²) >= 11 is 0. The number of anilines is 1. The number of carbonyl (C=O) groups excluding carboxylic acids is 4. The average Bonchev–Trinajstić information content (AvgIpc) is 3.28. The van der Waals surface area contributed by atoms with Crippen molar-refractivity contribution in [1.82, 2.24) is 10.2 Å². The van der Waals surface area contributed by atoms with Crippen molar-refractivity contribution < 1.29 is 28.7 Å². The van der Waals surface area contributed by atoms with Crippen LogP contribution in [0, 0.1) is 0 Å². The Morgan fingerprint density at radius 2 is 1.82 bits per heavy atom. The van der Waals surface area contributed by atoms with Gasteiger partial charge in [-0.15, -0.1) is 0 Å². The van der Waals surface area contributed by atoms with Crippen LogP contribution >= 0.6 is 0 Å². The molecule has 1 aliphatic rings. The Kier molecular flexibility index (Phi) is 8.24. The first kappa shape index (κ1) is 24.8. The minimum atomic E-state index is -0.945. The van der Waals surface area contributed by atoms with E-state index in [0.29, 0.717) is 24.2 Å². The van der Waals surface area contributed by atoms with Crippen molar-refractivity contribution in [3.05, 3.63) is 65.2 Å². The highest BCUT2D eigenvalue weighted by Gasteiger charge is 2.28. The molecule has 180 valence electrons. The third-order valence-corrected chi connectivity index (χ3v) is 5.60. The highest BCUT2D eigenvalue weighted by Crippen LogP contribution is 2.29. The smallest absolute Gasteiger partial charge is 0.414 e. The molecule has 1 N–H and O–H groups in total. The summed E-state index contributed by atoms with van der Waals surface area (Å²) in [6, 6.07) is 13.5. The van der Waals surface area contributed by atoms with Gasteiger partial charge in [0.1, 0.15) is 12.6 Å². The van der Waals surface area contributed by atoms with Crippen LogP contribution in [0.2, 0.25) is 0 Å². The van der Waals surface area contributed by atoms with Gasteiger partial charge in [-0.25, -0.2) is 9.59 Å². The zero-order chi connectivity index (χ0) is 24.7. The number of nitrogens with zero attached hydrogens (tertiary/aromatic N) is 2. The van der Waals surface area contributed by atoms with E-state index in [4.69, 9.17) is 9.47 Å². The van der Waals surface area contributed by atoms with Crippen molar-refractivity contribution in [3.63, 3.8) is 0 Å². The fourth-order valence-electron chi connectivity index (χ4n) is 3.65. The third-order valence-electron chi connectivity index (χ3n) is 5.60. The number of hydrogen-bond donors (Lipinski definition) is 1. The first-order valence-corrected chi connectivity index (χ1v) is 11.0. The standard InChI is InChI=1S/C25H29N3O6/c1-27(2)22(29)12-10-20(24(31)33-3)26-23(30)19-9-11-21-18(15-19)13-14-28(21)25(32)34-16-17-7-5-4-6-8-17/h4-9,11,15,20H,10,12-14,16H2,1-3H3,(H,26,30)/t20-/m0/s1. The van der Waals surface area contributed by atoms with E-state index < -0.39 is 24.0 Å². The van der Waals surface area contributed by atoms with Crippen LogP contribution in [-0.2, 0) is 32.1 Å². The molecule has 3 amide bonds. The summed E-state index contributed by atoms with van der Waals surface area (Å²) in [7, 11) is 4.48. The highest BCUT2D eigenvalue weighted by atomic mass is 16.6. The first-order chi connectivity index (χ1) is 16.3. The zero-order valence-electron chi connectivity index (χ0n) is 19.6. The summed E-state index contributed by atoms with van der Waals surface area (Å²) in [5, 5.41) is 2.65. The topological polar surface area (TPSA) is 105 Å². The molecule has 9 heteroatoms. The van der Waals surface area contributed by atoms with Gasteiger partial charge in [-0.1, -0.05) is 30.3 Å². The molecule has 9 nitrogen and oxygen atoms in total. The number of nitrogens with one attached hydrogen (secondary N) is 1. The molecule has 0 bridgehead atoms. The van der Waals surface area contributed by atoms with Crippen LogP contribution in [0.15, 0.2) is 48.5 Å². The molecule has 1 aliphatic heterocycles. The molecule has 0 saturated carbocycles. The van der Waals surface area contributed by atoms with E-state index in [0.717, 1.165) is 11.1 Å². The van der Waals surface area contributed by atoms with E-state index in [-0.39, 0.29) is 25.4 Å². The lowest BCUT2D eigenvalue weighted by atomic mass is 10.1. The monoisotopic (exact) mass is 467 g/mol.